The number of anilines is 1. The van der Waals surface area contributed by atoms with Crippen LogP contribution in [0.4, 0.5) is 5.69 Å². The molecule has 1 aliphatic rings. The minimum Gasteiger partial charge on any atom is -0.311 e. The molecule has 0 unspecified atom stereocenters. The molecule has 0 saturated carbocycles. The average molecular weight is 267 g/mol. The van der Waals surface area contributed by atoms with Crippen molar-refractivity contribution in [2.75, 3.05) is 18.0 Å². The quantitative estimate of drug-likeness (QED) is 0.861. The predicted octanol–water partition coefficient (Wildman–Crippen LogP) is 2.14. The summed E-state index contributed by atoms with van der Waals surface area (Å²) in [6, 6.07) is 13.6. The minimum absolute atomic E-state index is 0.0372. The van der Waals surface area contributed by atoms with Gasteiger partial charge in [-0.1, -0.05) is 24.3 Å². The van der Waals surface area contributed by atoms with Crippen molar-refractivity contribution in [1.82, 2.24) is 10.3 Å². The van der Waals surface area contributed by atoms with Crippen LogP contribution in [-0.2, 0) is 6.54 Å². The lowest BCUT2D eigenvalue weighted by Crippen LogP contribution is -2.35. The predicted molar refractivity (Wildman–Crippen MR) is 78.8 cm³/mol. The first kappa shape index (κ1) is 12.8. The van der Waals surface area contributed by atoms with Gasteiger partial charge in [-0.3, -0.25) is 4.79 Å². The molecule has 1 aliphatic heterocycles. The fourth-order valence-corrected chi connectivity index (χ4v) is 2.47. The number of nitrogens with zero attached hydrogens (tertiary/aromatic N) is 2. The van der Waals surface area contributed by atoms with Crippen LogP contribution in [0.3, 0.4) is 0 Å². The lowest BCUT2D eigenvalue weighted by Gasteiger charge is -2.22. The molecule has 0 bridgehead atoms. The van der Waals surface area contributed by atoms with Gasteiger partial charge in [0.15, 0.2) is 0 Å². The van der Waals surface area contributed by atoms with Crippen molar-refractivity contribution in [2.45, 2.75) is 13.5 Å². The highest BCUT2D eigenvalue weighted by Gasteiger charge is 2.22. The maximum absolute atomic E-state index is 12.7. The van der Waals surface area contributed by atoms with E-state index in [2.05, 4.69) is 16.4 Å². The number of rotatable bonds is 1. The van der Waals surface area contributed by atoms with Crippen LogP contribution in [0.5, 0.6) is 0 Å². The first-order valence-electron chi connectivity index (χ1n) is 6.80. The van der Waals surface area contributed by atoms with Crippen LogP contribution in [0.25, 0.3) is 0 Å². The number of hydrogen-bond donors (Lipinski definition) is 1. The van der Waals surface area contributed by atoms with Gasteiger partial charge in [0, 0.05) is 31.0 Å². The molecule has 2 aromatic rings. The fourth-order valence-electron chi connectivity index (χ4n) is 2.47. The van der Waals surface area contributed by atoms with Crippen LogP contribution >= 0.6 is 0 Å². The third-order valence-corrected chi connectivity index (χ3v) is 3.46. The van der Waals surface area contributed by atoms with E-state index in [0.29, 0.717) is 12.2 Å². The van der Waals surface area contributed by atoms with Crippen molar-refractivity contribution in [1.29, 1.82) is 0 Å². The Bertz CT molecular complexity index is 639. The zero-order chi connectivity index (χ0) is 13.9. The van der Waals surface area contributed by atoms with E-state index in [4.69, 9.17) is 0 Å². The van der Waals surface area contributed by atoms with Crippen LogP contribution in [0, 0.1) is 6.92 Å². The Morgan fingerprint density at radius 2 is 2.05 bits per heavy atom. The molecule has 0 fully saturated rings. The molecule has 1 N–H and O–H groups in total. The number of carbonyl (C=O) groups excluding carboxylic acids is 1. The number of amides is 1. The minimum atomic E-state index is -0.0372. The summed E-state index contributed by atoms with van der Waals surface area (Å²) in [6.45, 7) is 4.13. The second-order valence-corrected chi connectivity index (χ2v) is 4.93. The summed E-state index contributed by atoms with van der Waals surface area (Å²) in [5.74, 6) is -0.0372. The number of hydrogen-bond acceptors (Lipinski definition) is 3. The summed E-state index contributed by atoms with van der Waals surface area (Å²) in [5, 5.41) is 3.34. The maximum atomic E-state index is 12.7. The lowest BCUT2D eigenvalue weighted by molar-refractivity contribution is 0.0982. The number of para-hydroxylation sites is 1. The van der Waals surface area contributed by atoms with Crippen molar-refractivity contribution >= 4 is 11.6 Å². The standard InChI is InChI=1S/C16H17N3O/c1-12-5-4-7-14(18-12)16(20)19-10-9-17-11-13-6-2-3-8-15(13)19/h2-8,17H,9-11H2,1H3. The van der Waals surface area contributed by atoms with Gasteiger partial charge >= 0.3 is 0 Å². The van der Waals surface area contributed by atoms with E-state index in [1.165, 1.54) is 0 Å². The topological polar surface area (TPSA) is 45.2 Å². The second kappa shape index (κ2) is 5.43. The van der Waals surface area contributed by atoms with E-state index in [0.717, 1.165) is 30.0 Å². The van der Waals surface area contributed by atoms with Gasteiger partial charge in [0.1, 0.15) is 5.69 Å². The molecule has 0 atom stereocenters. The Balaban J connectivity index is 1.99. The second-order valence-electron chi connectivity index (χ2n) is 4.93. The van der Waals surface area contributed by atoms with Gasteiger partial charge < -0.3 is 10.2 Å². The molecule has 2 heterocycles. The zero-order valence-electron chi connectivity index (χ0n) is 11.5. The Morgan fingerprint density at radius 3 is 2.90 bits per heavy atom. The highest BCUT2D eigenvalue weighted by Crippen LogP contribution is 2.23. The summed E-state index contributed by atoms with van der Waals surface area (Å²) in [4.78, 5) is 18.9. The Morgan fingerprint density at radius 1 is 1.20 bits per heavy atom. The largest absolute Gasteiger partial charge is 0.311 e. The Hall–Kier alpha value is -2.20. The SMILES string of the molecule is Cc1cccc(C(=O)N2CCNCc3ccccc32)n1. The summed E-state index contributed by atoms with van der Waals surface area (Å²) >= 11 is 0. The summed E-state index contributed by atoms with van der Waals surface area (Å²) in [5.41, 5.74) is 3.48. The number of benzene rings is 1. The highest BCUT2D eigenvalue weighted by molar-refractivity contribution is 6.05. The van der Waals surface area contributed by atoms with E-state index < -0.39 is 0 Å². The van der Waals surface area contributed by atoms with Crippen LogP contribution in [0.15, 0.2) is 42.5 Å². The van der Waals surface area contributed by atoms with E-state index in [9.17, 15) is 4.79 Å². The number of carbonyl (C=O) groups is 1. The molecular weight excluding hydrogens is 250 g/mol. The number of fused-ring (bicyclic) bond motifs is 1. The van der Waals surface area contributed by atoms with E-state index in [-0.39, 0.29) is 5.91 Å². The van der Waals surface area contributed by atoms with Gasteiger partial charge in [0.05, 0.1) is 0 Å². The number of aromatic nitrogens is 1. The highest BCUT2D eigenvalue weighted by atomic mass is 16.2. The molecule has 3 rings (SSSR count). The van der Waals surface area contributed by atoms with Gasteiger partial charge in [0.2, 0.25) is 0 Å². The zero-order valence-corrected chi connectivity index (χ0v) is 11.5. The third-order valence-electron chi connectivity index (χ3n) is 3.46. The number of aryl methyl sites for hydroxylation is 1. The number of nitrogens with one attached hydrogen (secondary N) is 1. The first-order valence-corrected chi connectivity index (χ1v) is 6.80. The van der Waals surface area contributed by atoms with Crippen molar-refractivity contribution in [3.8, 4) is 0 Å². The molecule has 1 aromatic heterocycles. The van der Waals surface area contributed by atoms with E-state index >= 15 is 0 Å². The van der Waals surface area contributed by atoms with Crippen LogP contribution in [0.2, 0.25) is 0 Å². The molecule has 0 radical (unpaired) electrons. The normalized spacial score (nSPS) is 14.6. The fraction of sp³-hybridized carbons (Fsp3) is 0.250. The first-order chi connectivity index (χ1) is 9.75. The van der Waals surface area contributed by atoms with Crippen molar-refractivity contribution in [2.24, 2.45) is 0 Å². The average Bonchev–Trinajstić information content (AvgIpc) is 2.69. The van der Waals surface area contributed by atoms with E-state index in [1.54, 1.807) is 6.07 Å². The van der Waals surface area contributed by atoms with Crippen LogP contribution in [-0.4, -0.2) is 24.0 Å². The van der Waals surface area contributed by atoms with Gasteiger partial charge in [-0.2, -0.15) is 0 Å². The van der Waals surface area contributed by atoms with Crippen molar-refractivity contribution < 1.29 is 4.79 Å². The summed E-state index contributed by atoms with van der Waals surface area (Å²) in [7, 11) is 0. The lowest BCUT2D eigenvalue weighted by atomic mass is 10.1. The Labute approximate surface area is 118 Å². The molecule has 102 valence electrons. The number of pyridine rings is 1. The monoisotopic (exact) mass is 267 g/mol. The third kappa shape index (κ3) is 2.42. The van der Waals surface area contributed by atoms with E-state index in [1.807, 2.05) is 42.2 Å². The molecule has 0 spiro atoms. The molecule has 20 heavy (non-hydrogen) atoms. The molecule has 4 heteroatoms. The summed E-state index contributed by atoms with van der Waals surface area (Å²) < 4.78 is 0. The maximum Gasteiger partial charge on any atom is 0.276 e. The van der Waals surface area contributed by atoms with Gasteiger partial charge in [-0.05, 0) is 30.7 Å². The molecule has 1 aromatic carbocycles. The van der Waals surface area contributed by atoms with Crippen LogP contribution < -0.4 is 10.2 Å². The summed E-state index contributed by atoms with van der Waals surface area (Å²) in [6.07, 6.45) is 0. The molecular formula is C16H17N3O. The van der Waals surface area contributed by atoms with Gasteiger partial charge in [-0.15, -0.1) is 0 Å². The van der Waals surface area contributed by atoms with Crippen molar-refractivity contribution in [3.63, 3.8) is 0 Å². The van der Waals surface area contributed by atoms with Crippen LogP contribution in [0.1, 0.15) is 21.7 Å². The molecule has 0 saturated heterocycles. The van der Waals surface area contributed by atoms with Gasteiger partial charge in [-0.25, -0.2) is 4.98 Å². The molecule has 0 aliphatic carbocycles. The smallest absolute Gasteiger partial charge is 0.276 e. The molecule has 1 amide bonds. The van der Waals surface area contributed by atoms with Crippen molar-refractivity contribution in [3.05, 3.63) is 59.4 Å². The van der Waals surface area contributed by atoms with Gasteiger partial charge in [0.25, 0.3) is 5.91 Å². The molecule has 4 nitrogen and oxygen atoms in total. The Kier molecular flexibility index (Phi) is 3.48.